The standard InChI is InChI=1S/C19H32FN/c1-7-11-19(6,12-10-14(2)3)21-18-9-8-16(15(4)5)13-17(18)20/h8-9,13-15,21H,7,10-12H2,1-6H3. The van der Waals surface area contributed by atoms with Gasteiger partial charge in [-0.1, -0.05) is 47.1 Å². The molecule has 0 fully saturated rings. The van der Waals surface area contributed by atoms with Crippen LogP contribution in [0.2, 0.25) is 0 Å². The van der Waals surface area contributed by atoms with Crippen molar-refractivity contribution in [3.8, 4) is 0 Å². The molecule has 0 saturated carbocycles. The van der Waals surface area contributed by atoms with Crippen molar-refractivity contribution in [2.45, 2.75) is 78.7 Å². The predicted molar refractivity (Wildman–Crippen MR) is 91.5 cm³/mol. The van der Waals surface area contributed by atoms with Gasteiger partial charge in [-0.05, 0) is 55.7 Å². The minimum atomic E-state index is -0.131. The molecule has 120 valence electrons. The van der Waals surface area contributed by atoms with E-state index < -0.39 is 0 Å². The van der Waals surface area contributed by atoms with Gasteiger partial charge >= 0.3 is 0 Å². The van der Waals surface area contributed by atoms with Crippen LogP contribution < -0.4 is 5.32 Å². The third kappa shape index (κ3) is 5.68. The highest BCUT2D eigenvalue weighted by atomic mass is 19.1. The van der Waals surface area contributed by atoms with E-state index in [1.54, 1.807) is 6.07 Å². The van der Waals surface area contributed by atoms with Crippen molar-refractivity contribution in [3.63, 3.8) is 0 Å². The normalized spacial score (nSPS) is 14.5. The SMILES string of the molecule is CCCC(C)(CCC(C)C)Nc1ccc(C(C)C)cc1F. The van der Waals surface area contributed by atoms with Gasteiger partial charge in [0.25, 0.3) is 0 Å². The summed E-state index contributed by atoms with van der Waals surface area (Å²) in [6.45, 7) is 13.1. The van der Waals surface area contributed by atoms with Crippen LogP contribution in [-0.2, 0) is 0 Å². The Morgan fingerprint density at radius 1 is 1.14 bits per heavy atom. The van der Waals surface area contributed by atoms with Crippen molar-refractivity contribution in [3.05, 3.63) is 29.6 Å². The summed E-state index contributed by atoms with van der Waals surface area (Å²) in [4.78, 5) is 0. The second-order valence-corrected chi connectivity index (χ2v) is 7.26. The molecule has 1 N–H and O–H groups in total. The predicted octanol–water partition coefficient (Wildman–Crippen LogP) is 6.36. The second kappa shape index (κ2) is 7.82. The van der Waals surface area contributed by atoms with Gasteiger partial charge in [-0.3, -0.25) is 0 Å². The number of hydrogen-bond acceptors (Lipinski definition) is 1. The van der Waals surface area contributed by atoms with E-state index in [0.29, 0.717) is 17.5 Å². The van der Waals surface area contributed by atoms with Crippen LogP contribution >= 0.6 is 0 Å². The minimum absolute atomic E-state index is 0.0286. The van der Waals surface area contributed by atoms with Crippen molar-refractivity contribution in [2.75, 3.05) is 5.32 Å². The van der Waals surface area contributed by atoms with E-state index in [2.05, 4.69) is 46.9 Å². The van der Waals surface area contributed by atoms with Crippen LogP contribution in [0.3, 0.4) is 0 Å². The first-order valence-electron chi connectivity index (χ1n) is 8.35. The van der Waals surface area contributed by atoms with Crippen molar-refractivity contribution >= 4 is 5.69 Å². The summed E-state index contributed by atoms with van der Waals surface area (Å²) in [6, 6.07) is 5.60. The Kier molecular flexibility index (Phi) is 6.70. The van der Waals surface area contributed by atoms with E-state index in [1.807, 2.05) is 12.1 Å². The molecule has 0 aliphatic carbocycles. The van der Waals surface area contributed by atoms with E-state index in [0.717, 1.165) is 31.2 Å². The topological polar surface area (TPSA) is 12.0 Å². The van der Waals surface area contributed by atoms with Crippen LogP contribution in [0.5, 0.6) is 0 Å². The average molecular weight is 293 g/mol. The Balaban J connectivity index is 2.88. The van der Waals surface area contributed by atoms with Crippen LogP contribution in [-0.4, -0.2) is 5.54 Å². The summed E-state index contributed by atoms with van der Waals surface area (Å²) in [7, 11) is 0. The van der Waals surface area contributed by atoms with E-state index in [4.69, 9.17) is 0 Å². The number of nitrogens with one attached hydrogen (secondary N) is 1. The summed E-state index contributed by atoms with van der Waals surface area (Å²) in [5.74, 6) is 0.903. The van der Waals surface area contributed by atoms with E-state index in [1.165, 1.54) is 0 Å². The zero-order valence-corrected chi connectivity index (χ0v) is 14.6. The summed E-state index contributed by atoms with van der Waals surface area (Å²) < 4.78 is 14.3. The molecule has 0 radical (unpaired) electrons. The highest BCUT2D eigenvalue weighted by Gasteiger charge is 2.24. The van der Waals surface area contributed by atoms with Gasteiger partial charge in [0.2, 0.25) is 0 Å². The van der Waals surface area contributed by atoms with Gasteiger partial charge in [0.05, 0.1) is 5.69 Å². The molecule has 0 amide bonds. The van der Waals surface area contributed by atoms with Gasteiger partial charge in [0.1, 0.15) is 5.82 Å². The van der Waals surface area contributed by atoms with E-state index >= 15 is 0 Å². The maximum atomic E-state index is 14.3. The third-order valence-corrected chi connectivity index (χ3v) is 4.17. The van der Waals surface area contributed by atoms with Gasteiger partial charge < -0.3 is 5.32 Å². The van der Waals surface area contributed by atoms with Gasteiger partial charge in [-0.25, -0.2) is 4.39 Å². The largest absolute Gasteiger partial charge is 0.378 e. The van der Waals surface area contributed by atoms with Crippen molar-refractivity contribution in [1.82, 2.24) is 0 Å². The molecule has 21 heavy (non-hydrogen) atoms. The van der Waals surface area contributed by atoms with Crippen LogP contribution in [0.4, 0.5) is 10.1 Å². The average Bonchev–Trinajstić information content (AvgIpc) is 2.39. The van der Waals surface area contributed by atoms with E-state index in [9.17, 15) is 4.39 Å². The highest BCUT2D eigenvalue weighted by molar-refractivity contribution is 5.48. The lowest BCUT2D eigenvalue weighted by molar-refractivity contribution is 0.386. The molecule has 0 aliphatic rings. The monoisotopic (exact) mass is 293 g/mol. The lowest BCUT2D eigenvalue weighted by Crippen LogP contribution is -2.35. The van der Waals surface area contributed by atoms with Crippen molar-refractivity contribution in [1.29, 1.82) is 0 Å². The van der Waals surface area contributed by atoms with Gasteiger partial charge in [-0.2, -0.15) is 0 Å². The Morgan fingerprint density at radius 2 is 1.81 bits per heavy atom. The zero-order valence-electron chi connectivity index (χ0n) is 14.6. The number of benzene rings is 1. The van der Waals surface area contributed by atoms with Gasteiger partial charge in [-0.15, -0.1) is 0 Å². The molecule has 1 unspecified atom stereocenters. The fourth-order valence-corrected chi connectivity index (χ4v) is 2.73. The molecule has 0 saturated heterocycles. The first-order chi connectivity index (χ1) is 9.77. The maximum absolute atomic E-state index is 14.3. The molecule has 0 spiro atoms. The Hall–Kier alpha value is -1.05. The van der Waals surface area contributed by atoms with Crippen molar-refractivity contribution in [2.24, 2.45) is 5.92 Å². The molecular weight excluding hydrogens is 261 g/mol. The fourth-order valence-electron chi connectivity index (χ4n) is 2.73. The molecule has 1 atom stereocenters. The quantitative estimate of drug-likeness (QED) is 0.588. The number of halogens is 1. The fraction of sp³-hybridized carbons (Fsp3) is 0.684. The molecular formula is C19H32FN. The molecule has 1 rings (SSSR count). The zero-order chi connectivity index (χ0) is 16.0. The maximum Gasteiger partial charge on any atom is 0.146 e. The summed E-state index contributed by atoms with van der Waals surface area (Å²) >= 11 is 0. The Labute approximate surface area is 130 Å². The summed E-state index contributed by atoms with van der Waals surface area (Å²) in [5, 5.41) is 3.47. The smallest absolute Gasteiger partial charge is 0.146 e. The number of hydrogen-bond donors (Lipinski definition) is 1. The molecule has 2 heteroatoms. The first kappa shape index (κ1) is 18.0. The first-order valence-corrected chi connectivity index (χ1v) is 8.35. The summed E-state index contributed by atoms with van der Waals surface area (Å²) in [5.41, 5.74) is 1.66. The molecule has 1 nitrogen and oxygen atoms in total. The van der Waals surface area contributed by atoms with Gasteiger partial charge in [0.15, 0.2) is 0 Å². The van der Waals surface area contributed by atoms with E-state index in [-0.39, 0.29) is 11.4 Å². The van der Waals surface area contributed by atoms with Crippen LogP contribution in [0.1, 0.15) is 78.7 Å². The Bertz CT molecular complexity index is 439. The van der Waals surface area contributed by atoms with Crippen molar-refractivity contribution < 1.29 is 4.39 Å². The third-order valence-electron chi connectivity index (χ3n) is 4.17. The molecule has 0 aliphatic heterocycles. The molecule has 1 aromatic rings. The Morgan fingerprint density at radius 3 is 2.29 bits per heavy atom. The van der Waals surface area contributed by atoms with Crippen LogP contribution in [0.15, 0.2) is 18.2 Å². The van der Waals surface area contributed by atoms with Crippen LogP contribution in [0, 0.1) is 11.7 Å². The molecule has 1 aromatic carbocycles. The lowest BCUT2D eigenvalue weighted by atomic mass is 9.87. The van der Waals surface area contributed by atoms with Gasteiger partial charge in [0, 0.05) is 5.54 Å². The summed E-state index contributed by atoms with van der Waals surface area (Å²) in [6.07, 6.45) is 4.40. The molecule has 0 bridgehead atoms. The number of anilines is 1. The number of rotatable bonds is 8. The van der Waals surface area contributed by atoms with Crippen LogP contribution in [0.25, 0.3) is 0 Å². The minimum Gasteiger partial charge on any atom is -0.378 e. The lowest BCUT2D eigenvalue weighted by Gasteiger charge is -2.33. The molecule has 0 heterocycles. The second-order valence-electron chi connectivity index (χ2n) is 7.26. The molecule has 0 aromatic heterocycles. The highest BCUT2D eigenvalue weighted by Crippen LogP contribution is 2.29.